The summed E-state index contributed by atoms with van der Waals surface area (Å²) in [4.78, 5) is 42.0. The van der Waals surface area contributed by atoms with Crippen molar-refractivity contribution in [2.45, 2.75) is 44.6 Å². The Morgan fingerprint density at radius 3 is 2.55 bits per heavy atom. The maximum atomic E-state index is 14.4. The van der Waals surface area contributed by atoms with E-state index in [1.807, 2.05) is 0 Å². The van der Waals surface area contributed by atoms with Gasteiger partial charge in [0.2, 0.25) is 5.91 Å². The van der Waals surface area contributed by atoms with Gasteiger partial charge in [0.1, 0.15) is 17.6 Å². The molecular formula is C26H27FN2O4. The number of allylic oxidation sites excluding steroid dienone is 1. The zero-order valence-electron chi connectivity index (χ0n) is 18.6. The molecule has 0 aromatic heterocycles. The van der Waals surface area contributed by atoms with E-state index in [0.717, 1.165) is 30.6 Å². The summed E-state index contributed by atoms with van der Waals surface area (Å²) < 4.78 is 19.6. The molecule has 33 heavy (non-hydrogen) atoms. The molecule has 0 spiro atoms. The minimum absolute atomic E-state index is 0.0988. The lowest BCUT2D eigenvalue weighted by Gasteiger charge is -2.29. The van der Waals surface area contributed by atoms with Crippen LogP contribution in [0.2, 0.25) is 0 Å². The first-order chi connectivity index (χ1) is 16.0. The summed E-state index contributed by atoms with van der Waals surface area (Å²) in [7, 11) is 1.53. The van der Waals surface area contributed by atoms with Crippen LogP contribution in [-0.4, -0.2) is 42.3 Å². The fourth-order valence-electron chi connectivity index (χ4n) is 4.45. The Kier molecular flexibility index (Phi) is 6.87. The Labute approximate surface area is 192 Å². The van der Waals surface area contributed by atoms with Crippen LogP contribution >= 0.6 is 0 Å². The van der Waals surface area contributed by atoms with Crippen LogP contribution in [0.3, 0.4) is 0 Å². The molecule has 1 unspecified atom stereocenters. The van der Waals surface area contributed by atoms with Crippen LogP contribution in [0.5, 0.6) is 5.75 Å². The van der Waals surface area contributed by atoms with Gasteiger partial charge < -0.3 is 9.64 Å². The molecule has 0 bridgehead atoms. The van der Waals surface area contributed by atoms with Crippen molar-refractivity contribution in [2.24, 2.45) is 0 Å². The van der Waals surface area contributed by atoms with Crippen LogP contribution in [-0.2, 0) is 9.59 Å². The van der Waals surface area contributed by atoms with Crippen LogP contribution in [0.15, 0.2) is 60.2 Å². The quantitative estimate of drug-likeness (QED) is 0.460. The van der Waals surface area contributed by atoms with Crippen molar-refractivity contribution in [3.8, 4) is 5.75 Å². The molecule has 2 aromatic carbocycles. The van der Waals surface area contributed by atoms with E-state index in [2.05, 4.69) is 6.08 Å². The number of halogens is 1. The van der Waals surface area contributed by atoms with Crippen molar-refractivity contribution in [1.29, 1.82) is 0 Å². The number of methoxy groups -OCH3 is 1. The van der Waals surface area contributed by atoms with Gasteiger partial charge in [0.15, 0.2) is 0 Å². The lowest BCUT2D eigenvalue weighted by molar-refractivity contribution is -0.122. The van der Waals surface area contributed by atoms with E-state index in [1.54, 1.807) is 30.3 Å². The molecular weight excluding hydrogens is 423 g/mol. The number of carbonyl (C=O) groups excluding carboxylic acids is 3. The van der Waals surface area contributed by atoms with E-state index < -0.39 is 29.6 Å². The van der Waals surface area contributed by atoms with Crippen LogP contribution in [0.1, 0.15) is 48.9 Å². The van der Waals surface area contributed by atoms with Gasteiger partial charge in [-0.3, -0.25) is 14.4 Å². The summed E-state index contributed by atoms with van der Waals surface area (Å²) >= 11 is 0. The van der Waals surface area contributed by atoms with Gasteiger partial charge in [-0.2, -0.15) is 0 Å². The number of anilines is 1. The number of imide groups is 1. The van der Waals surface area contributed by atoms with Crippen LogP contribution in [0.4, 0.5) is 10.1 Å². The van der Waals surface area contributed by atoms with E-state index in [1.165, 1.54) is 35.8 Å². The van der Waals surface area contributed by atoms with Crippen LogP contribution in [0.25, 0.3) is 0 Å². The SMILES string of the molecule is COc1ccc(N2C(=O)CC(N(CCC3=CCCCC3)C(=O)c3ccccc3F)C2=O)cc1. The van der Waals surface area contributed by atoms with Crippen molar-refractivity contribution in [3.63, 3.8) is 0 Å². The average Bonchev–Trinajstić information content (AvgIpc) is 3.13. The summed E-state index contributed by atoms with van der Waals surface area (Å²) in [6.45, 7) is 0.249. The van der Waals surface area contributed by atoms with Crippen molar-refractivity contribution in [1.82, 2.24) is 4.90 Å². The Morgan fingerprint density at radius 2 is 1.88 bits per heavy atom. The molecule has 0 saturated carbocycles. The average molecular weight is 451 g/mol. The molecule has 172 valence electrons. The Hall–Kier alpha value is -3.48. The van der Waals surface area contributed by atoms with Crippen molar-refractivity contribution >= 4 is 23.4 Å². The van der Waals surface area contributed by atoms with Crippen molar-refractivity contribution in [2.75, 3.05) is 18.6 Å². The number of benzene rings is 2. The lowest BCUT2D eigenvalue weighted by Crippen LogP contribution is -2.46. The number of hydrogen-bond donors (Lipinski definition) is 0. The molecule has 0 N–H and O–H groups in total. The number of ether oxygens (including phenoxy) is 1. The van der Waals surface area contributed by atoms with Gasteiger partial charge in [0.25, 0.3) is 11.8 Å². The third-order valence-electron chi connectivity index (χ3n) is 6.25. The summed E-state index contributed by atoms with van der Waals surface area (Å²) in [5.74, 6) is -1.49. The highest BCUT2D eigenvalue weighted by molar-refractivity contribution is 6.23. The first kappa shape index (κ1) is 22.7. The summed E-state index contributed by atoms with van der Waals surface area (Å²) in [6.07, 6.45) is 6.85. The molecule has 2 aliphatic rings. The zero-order valence-corrected chi connectivity index (χ0v) is 18.6. The molecule has 1 aliphatic heterocycles. The largest absolute Gasteiger partial charge is 0.497 e. The van der Waals surface area contributed by atoms with Crippen LogP contribution in [0, 0.1) is 5.82 Å². The zero-order chi connectivity index (χ0) is 23.4. The molecule has 7 heteroatoms. The topological polar surface area (TPSA) is 66.9 Å². The monoisotopic (exact) mass is 450 g/mol. The third kappa shape index (κ3) is 4.82. The van der Waals surface area contributed by atoms with E-state index in [9.17, 15) is 18.8 Å². The molecule has 0 radical (unpaired) electrons. The number of rotatable bonds is 7. The Morgan fingerprint density at radius 1 is 1.12 bits per heavy atom. The van der Waals surface area contributed by atoms with E-state index >= 15 is 0 Å². The number of amides is 3. The minimum atomic E-state index is -0.976. The predicted octanol–water partition coefficient (Wildman–Crippen LogP) is 4.50. The highest BCUT2D eigenvalue weighted by Crippen LogP contribution is 2.29. The molecule has 1 fully saturated rings. The highest BCUT2D eigenvalue weighted by atomic mass is 19.1. The van der Waals surface area contributed by atoms with Crippen molar-refractivity contribution < 1.29 is 23.5 Å². The Balaban J connectivity index is 1.61. The smallest absolute Gasteiger partial charge is 0.257 e. The number of hydrogen-bond acceptors (Lipinski definition) is 4. The fourth-order valence-corrected chi connectivity index (χ4v) is 4.45. The van der Waals surface area contributed by atoms with Gasteiger partial charge in [-0.05, 0) is 68.5 Å². The van der Waals surface area contributed by atoms with Gasteiger partial charge in [-0.15, -0.1) is 0 Å². The molecule has 3 amide bonds. The summed E-state index contributed by atoms with van der Waals surface area (Å²) in [5.41, 5.74) is 1.55. The minimum Gasteiger partial charge on any atom is -0.497 e. The van der Waals surface area contributed by atoms with Gasteiger partial charge in [-0.25, -0.2) is 9.29 Å². The van der Waals surface area contributed by atoms with Crippen molar-refractivity contribution in [3.05, 3.63) is 71.6 Å². The van der Waals surface area contributed by atoms with E-state index in [4.69, 9.17) is 4.74 Å². The normalized spacial score (nSPS) is 18.3. The van der Waals surface area contributed by atoms with Crippen LogP contribution < -0.4 is 9.64 Å². The standard InChI is InChI=1S/C26H27FN2O4/c1-33-20-13-11-19(12-14-20)29-24(30)17-23(26(29)32)28(16-15-18-7-3-2-4-8-18)25(31)21-9-5-6-10-22(21)27/h5-7,9-14,23H,2-4,8,15-17H2,1H3. The molecule has 1 heterocycles. The Bertz CT molecular complexity index is 1080. The second-order valence-electron chi connectivity index (χ2n) is 8.32. The fraction of sp³-hybridized carbons (Fsp3) is 0.346. The number of nitrogens with zero attached hydrogens (tertiary/aromatic N) is 2. The van der Waals surface area contributed by atoms with E-state index in [-0.39, 0.29) is 18.5 Å². The highest BCUT2D eigenvalue weighted by Gasteiger charge is 2.44. The molecule has 6 nitrogen and oxygen atoms in total. The first-order valence-electron chi connectivity index (χ1n) is 11.2. The summed E-state index contributed by atoms with van der Waals surface area (Å²) in [6, 6.07) is 11.4. The maximum absolute atomic E-state index is 14.4. The lowest BCUT2D eigenvalue weighted by atomic mass is 9.96. The second kappa shape index (κ2) is 9.98. The van der Waals surface area contributed by atoms with Gasteiger partial charge in [0, 0.05) is 6.54 Å². The number of carbonyl (C=O) groups is 3. The van der Waals surface area contributed by atoms with Gasteiger partial charge in [0.05, 0.1) is 24.8 Å². The molecule has 4 rings (SSSR count). The van der Waals surface area contributed by atoms with Gasteiger partial charge >= 0.3 is 0 Å². The second-order valence-corrected chi connectivity index (χ2v) is 8.32. The predicted molar refractivity (Wildman–Crippen MR) is 122 cm³/mol. The summed E-state index contributed by atoms with van der Waals surface area (Å²) in [5, 5.41) is 0. The van der Waals surface area contributed by atoms with Gasteiger partial charge in [-0.1, -0.05) is 23.8 Å². The molecule has 2 aromatic rings. The molecule has 1 saturated heterocycles. The van der Waals surface area contributed by atoms with E-state index in [0.29, 0.717) is 17.9 Å². The first-order valence-corrected chi connectivity index (χ1v) is 11.2. The maximum Gasteiger partial charge on any atom is 0.257 e. The molecule has 1 atom stereocenters. The molecule has 1 aliphatic carbocycles. The third-order valence-corrected chi connectivity index (χ3v) is 6.25.